The first-order valence-electron chi connectivity index (χ1n) is 7.89. The summed E-state index contributed by atoms with van der Waals surface area (Å²) in [6.07, 6.45) is 3.34. The van der Waals surface area contributed by atoms with E-state index in [0.29, 0.717) is 18.7 Å². The summed E-state index contributed by atoms with van der Waals surface area (Å²) >= 11 is 0. The number of aromatic nitrogens is 1. The molecule has 4 nitrogen and oxygen atoms in total. The van der Waals surface area contributed by atoms with Crippen LogP contribution in [0.1, 0.15) is 52.1 Å². The highest BCUT2D eigenvalue weighted by Crippen LogP contribution is 2.36. The molecule has 2 saturated heterocycles. The molecule has 1 aromatic heterocycles. The Labute approximate surface area is 131 Å². The predicted octanol–water partition coefficient (Wildman–Crippen LogP) is 2.41. The highest BCUT2D eigenvalue weighted by atomic mass is 19.1. The smallest absolute Gasteiger partial charge is 0.399 e. The standard InChI is InChI=1S/C16H23BFNO3/c1-15(2)16(3,4)22-17(21-15)12-10-19-14(9-13(12)18)11-5-7-20-8-6-11/h9-11H,5-8H2,1-4H3. The molecule has 3 rings (SSSR count). The van der Waals surface area contributed by atoms with E-state index in [1.165, 1.54) is 6.07 Å². The Morgan fingerprint density at radius 2 is 1.73 bits per heavy atom. The summed E-state index contributed by atoms with van der Waals surface area (Å²) in [5.41, 5.74) is 0.197. The van der Waals surface area contributed by atoms with Gasteiger partial charge in [-0.3, -0.25) is 4.98 Å². The van der Waals surface area contributed by atoms with Crippen LogP contribution in [0.5, 0.6) is 0 Å². The van der Waals surface area contributed by atoms with Gasteiger partial charge in [0.05, 0.1) is 11.2 Å². The van der Waals surface area contributed by atoms with Gasteiger partial charge in [0, 0.05) is 36.5 Å². The third kappa shape index (κ3) is 2.80. The third-order valence-corrected chi connectivity index (χ3v) is 5.05. The van der Waals surface area contributed by atoms with E-state index >= 15 is 0 Å². The maximum atomic E-state index is 14.5. The minimum atomic E-state index is -0.707. The van der Waals surface area contributed by atoms with E-state index in [1.54, 1.807) is 6.20 Å². The second-order valence-electron chi connectivity index (χ2n) is 7.11. The summed E-state index contributed by atoms with van der Waals surface area (Å²) in [7, 11) is -0.707. The number of nitrogens with zero attached hydrogens (tertiary/aromatic N) is 1. The van der Waals surface area contributed by atoms with Crippen molar-refractivity contribution in [2.45, 2.75) is 57.7 Å². The Hall–Kier alpha value is -0.975. The van der Waals surface area contributed by atoms with Crippen LogP contribution >= 0.6 is 0 Å². The molecule has 0 aromatic carbocycles. The minimum Gasteiger partial charge on any atom is -0.399 e. The van der Waals surface area contributed by atoms with Gasteiger partial charge in [-0.1, -0.05) is 0 Å². The Balaban J connectivity index is 1.81. The number of rotatable bonds is 2. The Morgan fingerprint density at radius 1 is 1.14 bits per heavy atom. The molecular formula is C16H23BFNO3. The van der Waals surface area contributed by atoms with Crippen molar-refractivity contribution in [3.63, 3.8) is 0 Å². The fourth-order valence-corrected chi connectivity index (χ4v) is 2.82. The molecule has 0 aliphatic carbocycles. The minimum absolute atomic E-state index is 0.274. The van der Waals surface area contributed by atoms with Gasteiger partial charge in [-0.2, -0.15) is 0 Å². The van der Waals surface area contributed by atoms with Crippen LogP contribution in [0, 0.1) is 5.82 Å². The molecule has 2 fully saturated rings. The zero-order valence-corrected chi connectivity index (χ0v) is 13.7. The van der Waals surface area contributed by atoms with Crippen LogP contribution in [0.15, 0.2) is 12.3 Å². The highest BCUT2D eigenvalue weighted by molar-refractivity contribution is 6.62. The van der Waals surface area contributed by atoms with E-state index in [-0.39, 0.29) is 11.7 Å². The molecule has 0 bridgehead atoms. The summed E-state index contributed by atoms with van der Waals surface area (Å²) in [5, 5.41) is 0. The van der Waals surface area contributed by atoms with Gasteiger partial charge in [0.2, 0.25) is 0 Å². The zero-order valence-electron chi connectivity index (χ0n) is 13.7. The van der Waals surface area contributed by atoms with Crippen molar-refractivity contribution >= 4 is 12.6 Å². The number of hydrogen-bond donors (Lipinski definition) is 0. The van der Waals surface area contributed by atoms with Crippen LogP contribution in [0.3, 0.4) is 0 Å². The molecule has 0 atom stereocenters. The second-order valence-corrected chi connectivity index (χ2v) is 7.11. The molecule has 6 heteroatoms. The molecule has 3 heterocycles. The van der Waals surface area contributed by atoms with Gasteiger partial charge < -0.3 is 14.0 Å². The van der Waals surface area contributed by atoms with Crippen molar-refractivity contribution in [1.29, 1.82) is 0 Å². The number of ether oxygens (including phenoxy) is 1. The van der Waals surface area contributed by atoms with E-state index < -0.39 is 18.3 Å². The van der Waals surface area contributed by atoms with E-state index in [1.807, 2.05) is 27.7 Å². The monoisotopic (exact) mass is 307 g/mol. The lowest BCUT2D eigenvalue weighted by atomic mass is 9.79. The van der Waals surface area contributed by atoms with Gasteiger partial charge in [-0.05, 0) is 46.6 Å². The average Bonchev–Trinajstić information content (AvgIpc) is 2.68. The molecule has 0 unspecified atom stereocenters. The highest BCUT2D eigenvalue weighted by Gasteiger charge is 2.52. The normalized spacial score (nSPS) is 24.7. The molecule has 0 spiro atoms. The van der Waals surface area contributed by atoms with E-state index in [0.717, 1.165) is 18.5 Å². The molecule has 0 N–H and O–H groups in total. The number of pyridine rings is 1. The SMILES string of the molecule is CC1(C)OB(c2cnc(C3CCOCC3)cc2F)OC1(C)C. The first-order chi connectivity index (χ1) is 10.3. The van der Waals surface area contributed by atoms with Crippen LogP contribution in [0.2, 0.25) is 0 Å². The summed E-state index contributed by atoms with van der Waals surface area (Å²) in [6.45, 7) is 9.24. The zero-order chi connectivity index (χ0) is 16.0. The lowest BCUT2D eigenvalue weighted by molar-refractivity contribution is 0.00578. The fraction of sp³-hybridized carbons (Fsp3) is 0.688. The molecular weight excluding hydrogens is 284 g/mol. The Kier molecular flexibility index (Phi) is 4.04. The average molecular weight is 307 g/mol. The van der Waals surface area contributed by atoms with Gasteiger partial charge in [-0.15, -0.1) is 0 Å². The van der Waals surface area contributed by atoms with Crippen LogP contribution < -0.4 is 5.46 Å². The van der Waals surface area contributed by atoms with Crippen LogP contribution in [-0.4, -0.2) is 36.5 Å². The summed E-state index contributed by atoms with van der Waals surface area (Å²) in [6, 6.07) is 1.52. The first-order valence-corrected chi connectivity index (χ1v) is 7.89. The predicted molar refractivity (Wildman–Crippen MR) is 82.7 cm³/mol. The van der Waals surface area contributed by atoms with Crippen LogP contribution in [0.4, 0.5) is 4.39 Å². The first kappa shape index (κ1) is 15.9. The van der Waals surface area contributed by atoms with Crippen molar-refractivity contribution in [2.24, 2.45) is 0 Å². The summed E-state index contributed by atoms with van der Waals surface area (Å²) < 4.78 is 31.7. The van der Waals surface area contributed by atoms with E-state index in [4.69, 9.17) is 14.0 Å². The van der Waals surface area contributed by atoms with Crippen molar-refractivity contribution in [1.82, 2.24) is 4.98 Å². The van der Waals surface area contributed by atoms with E-state index in [9.17, 15) is 4.39 Å². The van der Waals surface area contributed by atoms with Crippen LogP contribution in [-0.2, 0) is 14.0 Å². The molecule has 1 aromatic rings. The lowest BCUT2D eigenvalue weighted by Crippen LogP contribution is -2.41. The molecule has 0 amide bonds. The van der Waals surface area contributed by atoms with Crippen molar-refractivity contribution in [3.05, 3.63) is 23.8 Å². The fourth-order valence-electron chi connectivity index (χ4n) is 2.82. The summed E-state index contributed by atoms with van der Waals surface area (Å²) in [5.74, 6) is -0.0365. The maximum Gasteiger partial charge on any atom is 0.499 e. The molecule has 120 valence electrons. The van der Waals surface area contributed by atoms with Gasteiger partial charge >= 0.3 is 7.12 Å². The largest absolute Gasteiger partial charge is 0.499 e. The molecule has 0 saturated carbocycles. The summed E-state index contributed by atoms with van der Waals surface area (Å²) in [4.78, 5) is 4.45. The van der Waals surface area contributed by atoms with Gasteiger partial charge in [0.15, 0.2) is 0 Å². The van der Waals surface area contributed by atoms with Crippen molar-refractivity contribution in [3.8, 4) is 0 Å². The maximum absolute atomic E-state index is 14.5. The second kappa shape index (κ2) is 5.58. The number of halogens is 1. The van der Waals surface area contributed by atoms with E-state index in [2.05, 4.69) is 4.98 Å². The number of hydrogen-bond acceptors (Lipinski definition) is 4. The van der Waals surface area contributed by atoms with Gasteiger partial charge in [0.1, 0.15) is 5.82 Å². The Bertz CT molecular complexity index is 542. The molecule has 2 aliphatic heterocycles. The third-order valence-electron chi connectivity index (χ3n) is 5.05. The van der Waals surface area contributed by atoms with Gasteiger partial charge in [0.25, 0.3) is 0 Å². The van der Waals surface area contributed by atoms with Crippen molar-refractivity contribution in [2.75, 3.05) is 13.2 Å². The van der Waals surface area contributed by atoms with Crippen molar-refractivity contribution < 1.29 is 18.4 Å². The molecule has 0 radical (unpaired) electrons. The topological polar surface area (TPSA) is 40.6 Å². The Morgan fingerprint density at radius 3 is 2.27 bits per heavy atom. The quantitative estimate of drug-likeness (QED) is 0.787. The molecule has 22 heavy (non-hydrogen) atoms. The molecule has 2 aliphatic rings. The lowest BCUT2D eigenvalue weighted by Gasteiger charge is -2.32. The van der Waals surface area contributed by atoms with Gasteiger partial charge in [-0.25, -0.2) is 4.39 Å². The van der Waals surface area contributed by atoms with Crippen LogP contribution in [0.25, 0.3) is 0 Å².